The Balaban J connectivity index is 2.41. The van der Waals surface area contributed by atoms with Gasteiger partial charge in [0.15, 0.2) is 23.1 Å². The van der Waals surface area contributed by atoms with Gasteiger partial charge >= 0.3 is 0 Å². The second-order valence-electron chi connectivity index (χ2n) is 6.04. The molecule has 0 atom stereocenters. The lowest BCUT2D eigenvalue weighted by molar-refractivity contribution is 0.376. The van der Waals surface area contributed by atoms with E-state index in [4.69, 9.17) is 20.9 Å². The molecule has 8 heteroatoms. The van der Waals surface area contributed by atoms with Crippen LogP contribution in [0, 0.1) is 15.0 Å². The van der Waals surface area contributed by atoms with E-state index in [9.17, 15) is 0 Å². The lowest BCUT2D eigenvalue weighted by Gasteiger charge is -2.14. The van der Waals surface area contributed by atoms with Gasteiger partial charge in [0.25, 0.3) is 0 Å². The molecule has 1 heterocycles. The second kappa shape index (κ2) is 7.27. The number of anilines is 2. The number of nitrogens with zero attached hydrogens (tertiary/aromatic N) is 2. The second-order valence-corrected chi connectivity index (χ2v) is 11.9. The maximum Gasteiger partial charge on any atom is 0.222 e. The highest BCUT2D eigenvalue weighted by atomic mass is 127. The van der Waals surface area contributed by atoms with Gasteiger partial charge in [-0.05, 0) is 34.7 Å². The molecule has 24 heavy (non-hydrogen) atoms. The van der Waals surface area contributed by atoms with Crippen LogP contribution in [-0.2, 0) is 0 Å². The van der Waals surface area contributed by atoms with E-state index in [1.54, 1.807) is 13.2 Å². The van der Waals surface area contributed by atoms with Crippen LogP contribution in [0.15, 0.2) is 18.3 Å². The fourth-order valence-corrected chi connectivity index (χ4v) is 3.07. The molecular weight excluding hydrogens is 435 g/mol. The summed E-state index contributed by atoms with van der Waals surface area (Å²) < 4.78 is 12.2. The number of nitrogens with two attached hydrogens (primary N) is 2. The molecule has 0 fully saturated rings. The summed E-state index contributed by atoms with van der Waals surface area (Å²) in [6, 6.07) is 3.70. The van der Waals surface area contributed by atoms with Crippen LogP contribution in [0.2, 0.25) is 19.6 Å². The van der Waals surface area contributed by atoms with Crippen LogP contribution >= 0.6 is 22.6 Å². The quantitative estimate of drug-likeness (QED) is 0.420. The van der Waals surface area contributed by atoms with Gasteiger partial charge in [-0.25, -0.2) is 4.98 Å². The minimum absolute atomic E-state index is 0.0957. The zero-order chi connectivity index (χ0) is 17.9. The van der Waals surface area contributed by atoms with E-state index in [0.717, 1.165) is 9.13 Å². The molecule has 0 radical (unpaired) electrons. The molecule has 0 aliphatic heterocycles. The fraction of sp³-hybridized carbons (Fsp3) is 0.250. The monoisotopic (exact) mass is 454 g/mol. The number of aromatic nitrogens is 2. The number of ether oxygens (including phenoxy) is 2. The van der Waals surface area contributed by atoms with Crippen molar-refractivity contribution in [2.45, 2.75) is 19.6 Å². The topological polar surface area (TPSA) is 96.3 Å². The van der Waals surface area contributed by atoms with Crippen LogP contribution in [0.1, 0.15) is 5.56 Å². The number of methoxy groups -OCH3 is 1. The van der Waals surface area contributed by atoms with Gasteiger partial charge in [0.05, 0.1) is 16.9 Å². The first-order chi connectivity index (χ1) is 11.2. The summed E-state index contributed by atoms with van der Waals surface area (Å²) in [4.78, 5) is 7.77. The average Bonchev–Trinajstić information content (AvgIpc) is 2.48. The summed E-state index contributed by atoms with van der Waals surface area (Å²) in [5.41, 5.74) is 15.6. The van der Waals surface area contributed by atoms with Crippen LogP contribution in [0.25, 0.3) is 0 Å². The highest BCUT2D eigenvalue weighted by molar-refractivity contribution is 14.1. The van der Waals surface area contributed by atoms with Crippen molar-refractivity contribution in [1.29, 1.82) is 0 Å². The van der Waals surface area contributed by atoms with Crippen molar-refractivity contribution in [3.05, 3.63) is 27.5 Å². The van der Waals surface area contributed by atoms with Crippen molar-refractivity contribution in [3.63, 3.8) is 0 Å². The van der Waals surface area contributed by atoms with Gasteiger partial charge in [-0.2, -0.15) is 4.98 Å². The third kappa shape index (κ3) is 4.52. The number of benzene rings is 1. The molecule has 126 valence electrons. The summed E-state index contributed by atoms with van der Waals surface area (Å²) in [6.45, 7) is 6.60. The van der Waals surface area contributed by atoms with Crippen LogP contribution in [0.4, 0.5) is 11.8 Å². The minimum Gasteiger partial charge on any atom is -0.492 e. The Bertz CT molecular complexity index is 825. The Labute approximate surface area is 156 Å². The van der Waals surface area contributed by atoms with Crippen LogP contribution in [0.3, 0.4) is 0 Å². The van der Waals surface area contributed by atoms with Gasteiger partial charge in [-0.1, -0.05) is 25.6 Å². The molecule has 2 aromatic rings. The van der Waals surface area contributed by atoms with Crippen molar-refractivity contribution in [1.82, 2.24) is 9.97 Å². The zero-order valence-electron chi connectivity index (χ0n) is 14.0. The van der Waals surface area contributed by atoms with Gasteiger partial charge in [0.2, 0.25) is 5.95 Å². The molecule has 4 N–H and O–H groups in total. The van der Waals surface area contributed by atoms with E-state index < -0.39 is 8.07 Å². The fourth-order valence-electron chi connectivity index (χ4n) is 1.76. The summed E-state index contributed by atoms with van der Waals surface area (Å²) in [6.07, 6.45) is 1.43. The van der Waals surface area contributed by atoms with Crippen molar-refractivity contribution in [3.8, 4) is 28.7 Å². The average molecular weight is 454 g/mol. The lowest BCUT2D eigenvalue weighted by atomic mass is 10.2. The number of hydrogen-bond donors (Lipinski definition) is 2. The number of nitrogen functional groups attached to an aromatic ring is 2. The van der Waals surface area contributed by atoms with Crippen molar-refractivity contribution in [2.24, 2.45) is 0 Å². The number of halogens is 1. The Morgan fingerprint density at radius 3 is 2.46 bits per heavy atom. The van der Waals surface area contributed by atoms with Crippen molar-refractivity contribution >= 4 is 42.4 Å². The first-order valence-corrected chi connectivity index (χ1v) is 11.7. The molecule has 0 saturated carbocycles. The third-order valence-electron chi connectivity index (χ3n) is 2.86. The molecule has 6 nitrogen and oxygen atoms in total. The first-order valence-electron chi connectivity index (χ1n) is 7.17. The molecule has 0 unspecified atom stereocenters. The predicted molar refractivity (Wildman–Crippen MR) is 107 cm³/mol. The van der Waals surface area contributed by atoms with Gasteiger partial charge < -0.3 is 20.9 Å². The SMILES string of the molecule is COc1c(Oc2cnc(N)nc2N)ccc(C#C[Si](C)(C)C)c1I. The van der Waals surface area contributed by atoms with Crippen molar-refractivity contribution in [2.75, 3.05) is 18.6 Å². The smallest absolute Gasteiger partial charge is 0.222 e. The maximum atomic E-state index is 5.81. The number of rotatable bonds is 3. The Morgan fingerprint density at radius 1 is 1.17 bits per heavy atom. The normalized spacial score (nSPS) is 10.7. The zero-order valence-corrected chi connectivity index (χ0v) is 17.1. The molecule has 1 aromatic carbocycles. The molecule has 0 aliphatic rings. The first kappa shape index (κ1) is 18.3. The Hall–Kier alpha value is -1.99. The molecule has 0 spiro atoms. The van der Waals surface area contributed by atoms with Crippen LogP contribution < -0.4 is 20.9 Å². The highest BCUT2D eigenvalue weighted by Gasteiger charge is 2.15. The van der Waals surface area contributed by atoms with E-state index >= 15 is 0 Å². The summed E-state index contributed by atoms with van der Waals surface area (Å²) in [5, 5.41) is 0. The molecule has 0 amide bonds. The predicted octanol–water partition coefficient (Wildman–Crippen LogP) is 3.28. The summed E-state index contributed by atoms with van der Waals surface area (Å²) in [7, 11) is 0.127. The molecule has 0 bridgehead atoms. The highest BCUT2D eigenvalue weighted by Crippen LogP contribution is 2.38. The molecule has 1 aromatic heterocycles. The number of hydrogen-bond acceptors (Lipinski definition) is 6. The van der Waals surface area contributed by atoms with E-state index in [1.807, 2.05) is 6.07 Å². The van der Waals surface area contributed by atoms with Crippen LogP contribution in [0.5, 0.6) is 17.2 Å². The van der Waals surface area contributed by atoms with E-state index in [2.05, 4.69) is 63.7 Å². The molecule has 0 saturated heterocycles. The van der Waals surface area contributed by atoms with Gasteiger partial charge in [0.1, 0.15) is 8.07 Å². The van der Waals surface area contributed by atoms with E-state index in [-0.39, 0.29) is 11.8 Å². The van der Waals surface area contributed by atoms with Crippen molar-refractivity contribution < 1.29 is 9.47 Å². The Morgan fingerprint density at radius 2 is 1.88 bits per heavy atom. The van der Waals surface area contributed by atoms with Crippen LogP contribution in [-0.4, -0.2) is 25.2 Å². The lowest BCUT2D eigenvalue weighted by Crippen LogP contribution is -2.16. The van der Waals surface area contributed by atoms with Gasteiger partial charge in [-0.3, -0.25) is 0 Å². The summed E-state index contributed by atoms with van der Waals surface area (Å²) >= 11 is 2.20. The summed E-state index contributed by atoms with van der Waals surface area (Å²) in [5.74, 6) is 4.93. The van der Waals surface area contributed by atoms with E-state index in [0.29, 0.717) is 17.2 Å². The standard InChI is InChI=1S/C16H19IN4O2Si/c1-22-14-11(23-12-9-20-16(19)21-15(12)18)6-5-10(13(14)17)7-8-24(2,3)4/h5-6,9H,1-4H3,(H4,18,19,20,21). The minimum atomic E-state index is -1.46. The third-order valence-corrected chi connectivity index (χ3v) is 4.80. The molecule has 2 rings (SSSR count). The largest absolute Gasteiger partial charge is 0.492 e. The molecule has 0 aliphatic carbocycles. The Kier molecular flexibility index (Phi) is 5.56. The van der Waals surface area contributed by atoms with Gasteiger partial charge in [-0.15, -0.1) is 5.54 Å². The molecular formula is C16H19IN4O2Si. The maximum absolute atomic E-state index is 5.81. The van der Waals surface area contributed by atoms with Gasteiger partial charge in [0, 0.05) is 5.56 Å². The van der Waals surface area contributed by atoms with E-state index in [1.165, 1.54) is 6.20 Å².